The third kappa shape index (κ3) is 3.03. The molecule has 6 nitrogen and oxygen atoms in total. The molecule has 2 N–H and O–H groups in total. The van der Waals surface area contributed by atoms with Crippen molar-refractivity contribution in [2.24, 2.45) is 0 Å². The van der Waals surface area contributed by atoms with E-state index in [1.54, 1.807) is 43.3 Å². The van der Waals surface area contributed by atoms with E-state index in [2.05, 4.69) is 0 Å². The maximum Gasteiger partial charge on any atom is 0.325 e. The van der Waals surface area contributed by atoms with Gasteiger partial charge in [-0.05, 0) is 31.5 Å². The minimum absolute atomic E-state index is 0.0744. The Hall–Kier alpha value is -3.02. The van der Waals surface area contributed by atoms with Crippen LogP contribution in [0.3, 0.4) is 0 Å². The van der Waals surface area contributed by atoms with E-state index in [1.807, 2.05) is 0 Å². The first kappa shape index (κ1) is 17.3. The quantitative estimate of drug-likeness (QED) is 0.790. The zero-order valence-corrected chi connectivity index (χ0v) is 13.6. The number of aryl methyl sites for hydroxylation is 1. The molecule has 0 radical (unpaired) electrons. The molecule has 24 heavy (non-hydrogen) atoms. The maximum absolute atomic E-state index is 11.6. The number of aliphatic carboxylic acids is 2. The van der Waals surface area contributed by atoms with Crippen LogP contribution in [-0.4, -0.2) is 29.3 Å². The normalized spacial score (nSPS) is 11.0. The van der Waals surface area contributed by atoms with Gasteiger partial charge in [0.25, 0.3) is 0 Å². The molecule has 0 amide bonds. The molecule has 0 spiro atoms. The van der Waals surface area contributed by atoms with Gasteiger partial charge >= 0.3 is 11.9 Å². The van der Waals surface area contributed by atoms with E-state index in [0.29, 0.717) is 17.1 Å². The predicted molar refractivity (Wildman–Crippen MR) is 86.9 cm³/mol. The van der Waals surface area contributed by atoms with Gasteiger partial charge in [0, 0.05) is 11.6 Å². The van der Waals surface area contributed by atoms with Crippen molar-refractivity contribution in [3.05, 3.63) is 53.6 Å². The summed E-state index contributed by atoms with van der Waals surface area (Å²) < 4.78 is 11.0. The van der Waals surface area contributed by atoms with Gasteiger partial charge in [-0.1, -0.05) is 24.3 Å². The number of carbonyl (C=O) groups is 2. The summed E-state index contributed by atoms with van der Waals surface area (Å²) in [4.78, 5) is 23.2. The van der Waals surface area contributed by atoms with E-state index in [9.17, 15) is 19.8 Å². The summed E-state index contributed by atoms with van der Waals surface area (Å²) in [6.07, 6.45) is 0. The Morgan fingerprint density at radius 2 is 1.58 bits per heavy atom. The van der Waals surface area contributed by atoms with Crippen molar-refractivity contribution in [3.63, 3.8) is 0 Å². The predicted octanol–water partition coefficient (Wildman–Crippen LogP) is 3.22. The number of hydrogen-bond donors (Lipinski definition) is 2. The lowest BCUT2D eigenvalue weighted by molar-refractivity contribution is -0.156. The molecule has 126 valence electrons. The molecular weight excluding hydrogens is 312 g/mol. The van der Waals surface area contributed by atoms with Gasteiger partial charge in [0.05, 0.1) is 7.11 Å². The number of rotatable bonds is 6. The number of carboxylic acids is 2. The van der Waals surface area contributed by atoms with E-state index in [1.165, 1.54) is 13.2 Å². The van der Waals surface area contributed by atoms with Crippen molar-refractivity contribution in [2.75, 3.05) is 7.11 Å². The van der Waals surface area contributed by atoms with E-state index >= 15 is 0 Å². The number of hydrogen-bond acceptors (Lipinski definition) is 4. The molecule has 2 aromatic rings. The lowest BCUT2D eigenvalue weighted by Gasteiger charge is -2.24. The fourth-order valence-electron chi connectivity index (χ4n) is 2.29. The van der Waals surface area contributed by atoms with Gasteiger partial charge in [0.15, 0.2) is 5.41 Å². The smallest absolute Gasteiger partial charge is 0.325 e. The van der Waals surface area contributed by atoms with Crippen LogP contribution in [0.2, 0.25) is 0 Å². The molecule has 0 saturated heterocycles. The van der Waals surface area contributed by atoms with Gasteiger partial charge < -0.3 is 19.7 Å². The van der Waals surface area contributed by atoms with Gasteiger partial charge in [-0.2, -0.15) is 0 Å². The van der Waals surface area contributed by atoms with E-state index in [-0.39, 0.29) is 11.3 Å². The largest absolute Gasteiger partial charge is 0.497 e. The topological polar surface area (TPSA) is 93.1 Å². The molecule has 0 bridgehead atoms. The second-order valence-corrected chi connectivity index (χ2v) is 5.47. The van der Waals surface area contributed by atoms with Gasteiger partial charge in [0.2, 0.25) is 0 Å². The summed E-state index contributed by atoms with van der Waals surface area (Å²) in [6, 6.07) is 11.6. The van der Waals surface area contributed by atoms with Crippen LogP contribution in [-0.2, 0) is 15.0 Å². The highest BCUT2D eigenvalue weighted by atomic mass is 16.5. The number of benzene rings is 2. The lowest BCUT2D eigenvalue weighted by atomic mass is 9.81. The molecule has 0 heterocycles. The molecule has 0 fully saturated rings. The molecule has 2 aromatic carbocycles. The first-order valence-electron chi connectivity index (χ1n) is 7.19. The molecule has 0 aliphatic carbocycles. The molecule has 2 rings (SSSR count). The Morgan fingerprint density at radius 1 is 1.00 bits per heavy atom. The Kier molecular flexibility index (Phi) is 4.78. The Balaban J connectivity index is 2.58. The number of para-hydroxylation sites is 1. The average molecular weight is 330 g/mol. The second kappa shape index (κ2) is 6.62. The summed E-state index contributed by atoms with van der Waals surface area (Å²) in [5, 5.41) is 18.9. The Labute approximate surface area is 139 Å². The SMILES string of the molecule is COc1cccc(Oc2c(C)cccc2C(C)(C(=O)O)C(=O)O)c1. The Bertz CT molecular complexity index is 767. The standard InChI is InChI=1S/C18H18O6/c1-11-6-4-9-14(18(2,16(19)20)17(21)22)15(11)24-13-8-5-7-12(10-13)23-3/h4-10H,1-3H3,(H,19,20)(H,21,22). The second-order valence-electron chi connectivity index (χ2n) is 5.47. The zero-order valence-electron chi connectivity index (χ0n) is 13.6. The van der Waals surface area contributed by atoms with Crippen LogP contribution in [0.5, 0.6) is 17.2 Å². The third-order valence-corrected chi connectivity index (χ3v) is 3.87. The van der Waals surface area contributed by atoms with Crippen LogP contribution in [0.25, 0.3) is 0 Å². The van der Waals surface area contributed by atoms with E-state index in [0.717, 1.165) is 6.92 Å². The first-order valence-corrected chi connectivity index (χ1v) is 7.19. The molecule has 0 aliphatic rings. The monoisotopic (exact) mass is 330 g/mol. The highest BCUT2D eigenvalue weighted by Crippen LogP contribution is 2.38. The summed E-state index contributed by atoms with van der Waals surface area (Å²) in [5.41, 5.74) is -1.42. The van der Waals surface area contributed by atoms with Crippen molar-refractivity contribution in [1.82, 2.24) is 0 Å². The minimum Gasteiger partial charge on any atom is -0.497 e. The molecule has 0 saturated carbocycles. The molecule has 0 atom stereocenters. The zero-order chi connectivity index (χ0) is 17.9. The van der Waals surface area contributed by atoms with Crippen LogP contribution in [0.15, 0.2) is 42.5 Å². The van der Waals surface area contributed by atoms with Crippen molar-refractivity contribution < 1.29 is 29.3 Å². The fraction of sp³-hybridized carbons (Fsp3) is 0.222. The van der Waals surface area contributed by atoms with Crippen LogP contribution < -0.4 is 9.47 Å². The Morgan fingerprint density at radius 3 is 2.17 bits per heavy atom. The summed E-state index contributed by atoms with van der Waals surface area (Å²) in [6.45, 7) is 2.87. The summed E-state index contributed by atoms with van der Waals surface area (Å²) in [5.74, 6) is -1.73. The molecule has 0 aliphatic heterocycles. The molecule has 6 heteroatoms. The fourth-order valence-corrected chi connectivity index (χ4v) is 2.29. The first-order chi connectivity index (χ1) is 11.3. The third-order valence-electron chi connectivity index (χ3n) is 3.87. The average Bonchev–Trinajstić information content (AvgIpc) is 2.55. The van der Waals surface area contributed by atoms with E-state index in [4.69, 9.17) is 9.47 Å². The van der Waals surface area contributed by atoms with Gasteiger partial charge in [-0.3, -0.25) is 9.59 Å². The maximum atomic E-state index is 11.6. The number of carboxylic acid groups (broad SMARTS) is 2. The number of methoxy groups -OCH3 is 1. The highest BCUT2D eigenvalue weighted by Gasteiger charge is 2.46. The summed E-state index contributed by atoms with van der Waals surface area (Å²) >= 11 is 0. The van der Waals surface area contributed by atoms with Gasteiger partial charge in [0.1, 0.15) is 17.2 Å². The molecule has 0 unspecified atom stereocenters. The van der Waals surface area contributed by atoms with Crippen LogP contribution in [0, 0.1) is 6.92 Å². The van der Waals surface area contributed by atoms with Crippen LogP contribution in [0.1, 0.15) is 18.1 Å². The van der Waals surface area contributed by atoms with Crippen molar-refractivity contribution in [1.29, 1.82) is 0 Å². The van der Waals surface area contributed by atoms with Crippen molar-refractivity contribution >= 4 is 11.9 Å². The summed E-state index contributed by atoms with van der Waals surface area (Å²) in [7, 11) is 1.52. The lowest BCUT2D eigenvalue weighted by Crippen LogP contribution is -2.41. The van der Waals surface area contributed by atoms with Crippen LogP contribution in [0.4, 0.5) is 0 Å². The van der Waals surface area contributed by atoms with E-state index < -0.39 is 17.4 Å². The number of ether oxygens (including phenoxy) is 2. The van der Waals surface area contributed by atoms with Gasteiger partial charge in [-0.25, -0.2) is 0 Å². The molecular formula is C18H18O6. The highest BCUT2D eigenvalue weighted by molar-refractivity contribution is 6.05. The van der Waals surface area contributed by atoms with Crippen molar-refractivity contribution in [2.45, 2.75) is 19.3 Å². The van der Waals surface area contributed by atoms with Crippen LogP contribution >= 0.6 is 0 Å². The van der Waals surface area contributed by atoms with Gasteiger partial charge in [-0.15, -0.1) is 0 Å². The molecule has 0 aromatic heterocycles. The van der Waals surface area contributed by atoms with Crippen molar-refractivity contribution in [3.8, 4) is 17.2 Å². The minimum atomic E-state index is -2.12.